The van der Waals surface area contributed by atoms with Crippen LogP contribution in [0, 0.1) is 0 Å². The molecule has 1 fully saturated rings. The number of hydrogen-bond donors (Lipinski definition) is 1. The molecule has 0 amide bonds. The molecule has 2 aromatic rings. The fraction of sp³-hybridized carbons (Fsp3) is 0.375. The van der Waals surface area contributed by atoms with Crippen molar-refractivity contribution in [3.05, 3.63) is 42.5 Å². The lowest BCUT2D eigenvalue weighted by molar-refractivity contribution is 0.377. The van der Waals surface area contributed by atoms with E-state index < -0.39 is 0 Å². The lowest BCUT2D eigenvalue weighted by atomic mass is 10.3. The highest BCUT2D eigenvalue weighted by Gasteiger charge is 2.19. The maximum absolute atomic E-state index is 6.13. The van der Waals surface area contributed by atoms with E-state index in [0.29, 0.717) is 12.5 Å². The average Bonchev–Trinajstić information content (AvgIpc) is 2.67. The zero-order valence-electron chi connectivity index (χ0n) is 13.7. The van der Waals surface area contributed by atoms with Crippen LogP contribution in [0.5, 0.6) is 5.75 Å². The van der Waals surface area contributed by atoms with Crippen LogP contribution in [0.15, 0.2) is 41.8 Å². The first kappa shape index (κ1) is 16.0. The second-order valence-corrected chi connectivity index (χ2v) is 5.35. The number of nitrogens with zero attached hydrogens (tertiary/aromatic N) is 6. The maximum atomic E-state index is 6.13. The zero-order chi connectivity index (χ0) is 16.8. The molecule has 0 bridgehead atoms. The molecule has 8 nitrogen and oxygen atoms in total. The van der Waals surface area contributed by atoms with Crippen molar-refractivity contribution < 1.29 is 4.74 Å². The molecule has 0 aliphatic carbocycles. The van der Waals surface area contributed by atoms with Gasteiger partial charge in [-0.1, -0.05) is 0 Å². The SMILES string of the molecule is COc1cccnc1CN=C(N)N1CCN(c2ncccn2)CC1. The van der Waals surface area contributed by atoms with Gasteiger partial charge in [0.25, 0.3) is 0 Å². The Morgan fingerprint density at radius 3 is 2.54 bits per heavy atom. The molecule has 1 aliphatic rings. The van der Waals surface area contributed by atoms with Crippen LogP contribution in [-0.2, 0) is 6.54 Å². The number of hydrogen-bond acceptors (Lipinski definition) is 6. The monoisotopic (exact) mass is 327 g/mol. The van der Waals surface area contributed by atoms with E-state index in [2.05, 4.69) is 29.7 Å². The van der Waals surface area contributed by atoms with Crippen molar-refractivity contribution in [2.24, 2.45) is 10.7 Å². The van der Waals surface area contributed by atoms with Gasteiger partial charge in [0.15, 0.2) is 5.96 Å². The number of pyridine rings is 1. The van der Waals surface area contributed by atoms with Crippen molar-refractivity contribution in [1.82, 2.24) is 19.9 Å². The number of piperazine rings is 1. The Labute approximate surface area is 141 Å². The van der Waals surface area contributed by atoms with E-state index in [-0.39, 0.29) is 0 Å². The van der Waals surface area contributed by atoms with Crippen molar-refractivity contribution in [2.45, 2.75) is 6.54 Å². The van der Waals surface area contributed by atoms with Crippen LogP contribution in [0.25, 0.3) is 0 Å². The molecule has 24 heavy (non-hydrogen) atoms. The van der Waals surface area contributed by atoms with Gasteiger partial charge in [-0.25, -0.2) is 15.0 Å². The van der Waals surface area contributed by atoms with Crippen molar-refractivity contribution >= 4 is 11.9 Å². The molecule has 8 heteroatoms. The molecule has 0 atom stereocenters. The molecular weight excluding hydrogens is 306 g/mol. The minimum atomic E-state index is 0.401. The van der Waals surface area contributed by atoms with E-state index in [9.17, 15) is 0 Å². The standard InChI is InChI=1S/C16H21N7O/c1-24-14-4-2-5-18-13(14)12-21-15(17)22-8-10-23(11-9-22)16-19-6-3-7-20-16/h2-7H,8-12H2,1H3,(H2,17,21). The summed E-state index contributed by atoms with van der Waals surface area (Å²) in [5.41, 5.74) is 6.91. The molecule has 1 saturated heterocycles. The second-order valence-electron chi connectivity index (χ2n) is 5.35. The van der Waals surface area contributed by atoms with Gasteiger partial charge >= 0.3 is 0 Å². The Balaban J connectivity index is 1.57. The summed E-state index contributed by atoms with van der Waals surface area (Å²) in [4.78, 5) is 21.5. The molecule has 0 radical (unpaired) electrons. The average molecular weight is 327 g/mol. The zero-order valence-corrected chi connectivity index (χ0v) is 13.7. The minimum Gasteiger partial charge on any atom is -0.495 e. The Kier molecular flexibility index (Phi) is 5.05. The lowest BCUT2D eigenvalue weighted by Gasteiger charge is -2.35. The highest BCUT2D eigenvalue weighted by molar-refractivity contribution is 5.78. The van der Waals surface area contributed by atoms with E-state index >= 15 is 0 Å². The predicted octanol–water partition coefficient (Wildman–Crippen LogP) is 0.517. The van der Waals surface area contributed by atoms with Crippen LogP contribution >= 0.6 is 0 Å². The van der Waals surface area contributed by atoms with E-state index in [1.807, 2.05) is 18.2 Å². The predicted molar refractivity (Wildman–Crippen MR) is 91.9 cm³/mol. The second kappa shape index (κ2) is 7.58. The largest absolute Gasteiger partial charge is 0.495 e. The number of guanidine groups is 1. The Morgan fingerprint density at radius 2 is 1.83 bits per heavy atom. The first-order valence-electron chi connectivity index (χ1n) is 7.82. The van der Waals surface area contributed by atoms with Gasteiger partial charge in [-0.3, -0.25) is 4.98 Å². The van der Waals surface area contributed by atoms with E-state index in [1.54, 1.807) is 25.7 Å². The molecule has 1 aliphatic heterocycles. The number of aromatic nitrogens is 3. The fourth-order valence-electron chi connectivity index (χ4n) is 2.57. The molecule has 0 spiro atoms. The minimum absolute atomic E-state index is 0.401. The van der Waals surface area contributed by atoms with Crippen molar-refractivity contribution in [2.75, 3.05) is 38.2 Å². The quantitative estimate of drug-likeness (QED) is 0.646. The van der Waals surface area contributed by atoms with E-state index in [1.165, 1.54) is 0 Å². The first-order valence-corrected chi connectivity index (χ1v) is 7.82. The molecule has 2 N–H and O–H groups in total. The third-order valence-corrected chi connectivity index (χ3v) is 3.90. The van der Waals surface area contributed by atoms with Gasteiger partial charge < -0.3 is 20.3 Å². The molecule has 126 valence electrons. The third-order valence-electron chi connectivity index (χ3n) is 3.90. The Bertz CT molecular complexity index is 684. The van der Waals surface area contributed by atoms with Crippen LogP contribution in [0.3, 0.4) is 0 Å². The lowest BCUT2D eigenvalue weighted by Crippen LogP contribution is -2.51. The molecule has 3 heterocycles. The number of methoxy groups -OCH3 is 1. The number of rotatable bonds is 4. The van der Waals surface area contributed by atoms with Crippen LogP contribution in [0.2, 0.25) is 0 Å². The van der Waals surface area contributed by atoms with Gasteiger partial charge in [-0.2, -0.15) is 0 Å². The van der Waals surface area contributed by atoms with Crippen molar-refractivity contribution in [3.8, 4) is 5.75 Å². The number of nitrogens with two attached hydrogens (primary N) is 1. The van der Waals surface area contributed by atoms with Gasteiger partial charge in [0.05, 0.1) is 13.7 Å². The maximum Gasteiger partial charge on any atom is 0.225 e. The van der Waals surface area contributed by atoms with Crippen LogP contribution < -0.4 is 15.4 Å². The summed E-state index contributed by atoms with van der Waals surface area (Å²) in [6.45, 7) is 3.60. The van der Waals surface area contributed by atoms with Crippen LogP contribution in [0.1, 0.15) is 5.69 Å². The van der Waals surface area contributed by atoms with Gasteiger partial charge in [0.2, 0.25) is 5.95 Å². The summed E-state index contributed by atoms with van der Waals surface area (Å²) < 4.78 is 5.28. The molecule has 0 unspecified atom stereocenters. The molecule has 3 rings (SSSR count). The summed E-state index contributed by atoms with van der Waals surface area (Å²) >= 11 is 0. The van der Waals surface area contributed by atoms with Gasteiger partial charge in [-0.15, -0.1) is 0 Å². The smallest absolute Gasteiger partial charge is 0.225 e. The highest BCUT2D eigenvalue weighted by atomic mass is 16.5. The number of aliphatic imine (C=N–C) groups is 1. The van der Waals surface area contributed by atoms with Gasteiger partial charge in [0.1, 0.15) is 11.4 Å². The van der Waals surface area contributed by atoms with E-state index in [4.69, 9.17) is 10.5 Å². The third kappa shape index (κ3) is 3.70. The highest BCUT2D eigenvalue weighted by Crippen LogP contribution is 2.15. The Hall–Kier alpha value is -2.90. The molecule has 2 aromatic heterocycles. The summed E-state index contributed by atoms with van der Waals surface area (Å²) in [7, 11) is 1.62. The molecule has 0 saturated carbocycles. The van der Waals surface area contributed by atoms with Gasteiger partial charge in [-0.05, 0) is 18.2 Å². The topological polar surface area (TPSA) is 92.8 Å². The first-order chi connectivity index (χ1) is 11.8. The molecular formula is C16H21N7O. The van der Waals surface area contributed by atoms with E-state index in [0.717, 1.165) is 43.6 Å². The van der Waals surface area contributed by atoms with Gasteiger partial charge in [0, 0.05) is 44.8 Å². The summed E-state index contributed by atoms with van der Waals surface area (Å²) in [6, 6.07) is 5.52. The fourth-order valence-corrected chi connectivity index (χ4v) is 2.57. The molecule has 0 aromatic carbocycles. The van der Waals surface area contributed by atoms with Crippen molar-refractivity contribution in [3.63, 3.8) is 0 Å². The summed E-state index contributed by atoms with van der Waals surface area (Å²) in [6.07, 6.45) is 5.23. The summed E-state index contributed by atoms with van der Waals surface area (Å²) in [5.74, 6) is 2.00. The van der Waals surface area contributed by atoms with Crippen LogP contribution in [-0.4, -0.2) is 59.1 Å². The van der Waals surface area contributed by atoms with Crippen molar-refractivity contribution in [1.29, 1.82) is 0 Å². The number of anilines is 1. The summed E-state index contributed by atoms with van der Waals surface area (Å²) in [5, 5.41) is 0. The Morgan fingerprint density at radius 1 is 1.12 bits per heavy atom. The van der Waals surface area contributed by atoms with Crippen LogP contribution in [0.4, 0.5) is 5.95 Å². The normalized spacial score (nSPS) is 15.5. The number of ether oxygens (including phenoxy) is 1.